The van der Waals surface area contributed by atoms with E-state index in [1.165, 1.54) is 6.07 Å². The van der Waals surface area contributed by atoms with Gasteiger partial charge >= 0.3 is 0 Å². The Kier molecular flexibility index (Phi) is 4.48. The van der Waals surface area contributed by atoms with Gasteiger partial charge in [0.2, 0.25) is 0 Å². The second-order valence-electron chi connectivity index (χ2n) is 4.27. The molecule has 0 aliphatic heterocycles. The first kappa shape index (κ1) is 14.4. The van der Waals surface area contributed by atoms with Crippen LogP contribution in [-0.2, 0) is 0 Å². The normalized spacial score (nSPS) is 12.3. The molecule has 0 heterocycles. The lowest BCUT2D eigenvalue weighted by Gasteiger charge is -2.15. The zero-order chi connectivity index (χ0) is 14.0. The van der Waals surface area contributed by atoms with Gasteiger partial charge in [0, 0.05) is 10.6 Å². The van der Waals surface area contributed by atoms with Crippen LogP contribution in [0.1, 0.15) is 21.5 Å². The molecule has 0 saturated heterocycles. The van der Waals surface area contributed by atoms with Crippen LogP contribution in [-0.4, -0.2) is 7.11 Å². The van der Waals surface area contributed by atoms with Crippen molar-refractivity contribution in [2.45, 2.75) is 11.8 Å². The molecule has 2 aromatic carbocycles. The van der Waals surface area contributed by atoms with Gasteiger partial charge in [0.25, 0.3) is 0 Å². The Morgan fingerprint density at radius 1 is 1.16 bits per heavy atom. The summed E-state index contributed by atoms with van der Waals surface area (Å²) in [4.78, 5) is -0.286. The van der Waals surface area contributed by atoms with Crippen molar-refractivity contribution in [1.29, 1.82) is 0 Å². The van der Waals surface area contributed by atoms with Gasteiger partial charge in [0.15, 0.2) is 0 Å². The highest BCUT2D eigenvalue weighted by atomic mass is 79.9. The predicted molar refractivity (Wildman–Crippen MR) is 79.9 cm³/mol. The van der Waals surface area contributed by atoms with E-state index in [4.69, 9.17) is 16.3 Å². The fourth-order valence-electron chi connectivity index (χ4n) is 1.87. The number of aryl methyl sites for hydroxylation is 1. The standard InChI is InChI=1S/C15H13BrClFO/c1-9-3-6-14(18)12(7-9)15(16)11-5-4-10(19-2)8-13(11)17/h3-8,15H,1-2H3. The zero-order valence-corrected chi connectivity index (χ0v) is 12.9. The molecule has 0 amide bonds. The molecule has 0 radical (unpaired) electrons. The molecule has 0 aromatic heterocycles. The Morgan fingerprint density at radius 2 is 1.89 bits per heavy atom. The predicted octanol–water partition coefficient (Wildman–Crippen LogP) is 5.28. The van der Waals surface area contributed by atoms with Crippen molar-refractivity contribution in [1.82, 2.24) is 0 Å². The fraction of sp³-hybridized carbons (Fsp3) is 0.200. The van der Waals surface area contributed by atoms with Crippen LogP contribution < -0.4 is 4.74 Å². The van der Waals surface area contributed by atoms with Crippen LogP contribution in [0.2, 0.25) is 5.02 Å². The molecule has 1 unspecified atom stereocenters. The molecule has 2 rings (SSSR count). The largest absolute Gasteiger partial charge is 0.497 e. The van der Waals surface area contributed by atoms with E-state index < -0.39 is 0 Å². The van der Waals surface area contributed by atoms with Crippen molar-refractivity contribution in [3.8, 4) is 5.75 Å². The van der Waals surface area contributed by atoms with E-state index in [2.05, 4.69) is 15.9 Å². The molecular formula is C15H13BrClFO. The van der Waals surface area contributed by atoms with E-state index in [0.717, 1.165) is 11.1 Å². The average molecular weight is 344 g/mol. The molecule has 0 saturated carbocycles. The molecule has 2 aromatic rings. The molecule has 0 N–H and O–H groups in total. The Balaban J connectivity index is 2.43. The van der Waals surface area contributed by atoms with Crippen molar-refractivity contribution < 1.29 is 9.13 Å². The van der Waals surface area contributed by atoms with Crippen LogP contribution in [0, 0.1) is 12.7 Å². The fourth-order valence-corrected chi connectivity index (χ4v) is 3.03. The van der Waals surface area contributed by atoms with Gasteiger partial charge in [-0.3, -0.25) is 0 Å². The Morgan fingerprint density at radius 3 is 2.53 bits per heavy atom. The number of hydrogen-bond donors (Lipinski definition) is 0. The van der Waals surface area contributed by atoms with Crippen LogP contribution >= 0.6 is 27.5 Å². The van der Waals surface area contributed by atoms with E-state index in [1.54, 1.807) is 19.2 Å². The van der Waals surface area contributed by atoms with Crippen molar-refractivity contribution in [3.05, 3.63) is 63.9 Å². The van der Waals surface area contributed by atoms with Crippen LogP contribution in [0.3, 0.4) is 0 Å². The Hall–Kier alpha value is -1.06. The van der Waals surface area contributed by atoms with E-state index in [9.17, 15) is 4.39 Å². The summed E-state index contributed by atoms with van der Waals surface area (Å²) >= 11 is 9.72. The van der Waals surface area contributed by atoms with E-state index in [-0.39, 0.29) is 10.6 Å². The second-order valence-corrected chi connectivity index (χ2v) is 5.60. The third-order valence-corrected chi connectivity index (χ3v) is 4.22. The van der Waals surface area contributed by atoms with Gasteiger partial charge in [-0.1, -0.05) is 51.3 Å². The van der Waals surface area contributed by atoms with Gasteiger partial charge in [-0.25, -0.2) is 4.39 Å². The first-order valence-electron chi connectivity index (χ1n) is 5.76. The van der Waals surface area contributed by atoms with Crippen molar-refractivity contribution >= 4 is 27.5 Å². The maximum atomic E-state index is 13.9. The lowest BCUT2D eigenvalue weighted by Crippen LogP contribution is -1.98. The summed E-state index contributed by atoms with van der Waals surface area (Å²) in [5.74, 6) is 0.428. The highest BCUT2D eigenvalue weighted by Crippen LogP contribution is 2.38. The number of ether oxygens (including phenoxy) is 1. The van der Waals surface area contributed by atoms with Crippen LogP contribution in [0.4, 0.5) is 4.39 Å². The first-order valence-corrected chi connectivity index (χ1v) is 7.06. The molecule has 100 valence electrons. The third-order valence-electron chi connectivity index (χ3n) is 2.91. The summed E-state index contributed by atoms with van der Waals surface area (Å²) in [7, 11) is 1.58. The van der Waals surface area contributed by atoms with Crippen molar-refractivity contribution in [2.75, 3.05) is 7.11 Å². The van der Waals surface area contributed by atoms with Gasteiger partial charge < -0.3 is 4.74 Å². The smallest absolute Gasteiger partial charge is 0.127 e. The molecule has 19 heavy (non-hydrogen) atoms. The minimum absolute atomic E-state index is 0.251. The minimum Gasteiger partial charge on any atom is -0.497 e. The van der Waals surface area contributed by atoms with Gasteiger partial charge in [-0.05, 0) is 30.7 Å². The topological polar surface area (TPSA) is 9.23 Å². The maximum absolute atomic E-state index is 13.9. The molecule has 1 nitrogen and oxygen atoms in total. The number of methoxy groups -OCH3 is 1. The quantitative estimate of drug-likeness (QED) is 0.689. The second kappa shape index (κ2) is 5.93. The van der Waals surface area contributed by atoms with Crippen molar-refractivity contribution in [2.24, 2.45) is 0 Å². The summed E-state index contributed by atoms with van der Waals surface area (Å²) in [6, 6.07) is 10.4. The lowest BCUT2D eigenvalue weighted by atomic mass is 10.0. The zero-order valence-electron chi connectivity index (χ0n) is 10.6. The monoisotopic (exact) mass is 342 g/mol. The van der Waals surface area contributed by atoms with Gasteiger partial charge in [0.1, 0.15) is 11.6 Å². The maximum Gasteiger partial charge on any atom is 0.127 e. The number of hydrogen-bond acceptors (Lipinski definition) is 1. The number of rotatable bonds is 3. The Bertz CT molecular complexity index is 601. The van der Waals surface area contributed by atoms with E-state index >= 15 is 0 Å². The molecule has 1 atom stereocenters. The lowest BCUT2D eigenvalue weighted by molar-refractivity contribution is 0.414. The molecular weight excluding hydrogens is 331 g/mol. The molecule has 0 aliphatic rings. The van der Waals surface area contributed by atoms with Crippen molar-refractivity contribution in [3.63, 3.8) is 0 Å². The summed E-state index contributed by atoms with van der Waals surface area (Å²) in [5.41, 5.74) is 2.39. The van der Waals surface area contributed by atoms with Gasteiger partial charge in [-0.15, -0.1) is 0 Å². The Labute approximate surface area is 125 Å². The summed E-state index contributed by atoms with van der Waals surface area (Å²) in [6.07, 6.45) is 0. The number of benzene rings is 2. The van der Waals surface area contributed by atoms with Gasteiger partial charge in [0.05, 0.1) is 11.9 Å². The van der Waals surface area contributed by atoms with Crippen LogP contribution in [0.25, 0.3) is 0 Å². The molecule has 0 aliphatic carbocycles. The highest BCUT2D eigenvalue weighted by molar-refractivity contribution is 9.09. The highest BCUT2D eigenvalue weighted by Gasteiger charge is 2.18. The molecule has 0 fully saturated rings. The third kappa shape index (κ3) is 3.10. The molecule has 0 spiro atoms. The SMILES string of the molecule is COc1ccc(C(Br)c2cc(C)ccc2F)c(Cl)c1. The van der Waals surface area contributed by atoms with E-state index in [1.807, 2.05) is 25.1 Å². The van der Waals surface area contributed by atoms with Crippen LogP contribution in [0.15, 0.2) is 36.4 Å². The summed E-state index contributed by atoms with van der Waals surface area (Å²) in [5, 5.41) is 0.544. The van der Waals surface area contributed by atoms with Crippen LogP contribution in [0.5, 0.6) is 5.75 Å². The minimum atomic E-state index is -0.286. The summed E-state index contributed by atoms with van der Waals surface area (Å²) in [6.45, 7) is 1.93. The number of alkyl halides is 1. The van der Waals surface area contributed by atoms with Gasteiger partial charge in [-0.2, -0.15) is 0 Å². The molecule has 0 bridgehead atoms. The van der Waals surface area contributed by atoms with E-state index in [0.29, 0.717) is 16.3 Å². The summed E-state index contributed by atoms with van der Waals surface area (Å²) < 4.78 is 19.0. The number of halogens is 3. The first-order chi connectivity index (χ1) is 9.02. The average Bonchev–Trinajstić information content (AvgIpc) is 2.40. The molecule has 4 heteroatoms.